The van der Waals surface area contributed by atoms with Crippen LogP contribution in [0.1, 0.15) is 74.6 Å². The Morgan fingerprint density at radius 1 is 0.933 bits per heavy atom. The zero-order valence-electron chi connectivity index (χ0n) is 18.4. The molecule has 0 N–H and O–H groups in total. The number of para-hydroxylation sites is 2. The summed E-state index contributed by atoms with van der Waals surface area (Å²) in [5, 5.41) is 0. The van der Waals surface area contributed by atoms with Crippen molar-refractivity contribution in [1.82, 2.24) is 19.4 Å². The van der Waals surface area contributed by atoms with E-state index in [1.807, 2.05) is 31.3 Å². The zero-order valence-corrected chi connectivity index (χ0v) is 18.4. The molecule has 0 aliphatic rings. The fourth-order valence-electron chi connectivity index (χ4n) is 3.87. The lowest BCUT2D eigenvalue weighted by atomic mass is 10.1. The van der Waals surface area contributed by atoms with Crippen LogP contribution < -0.4 is 0 Å². The van der Waals surface area contributed by atoms with Crippen molar-refractivity contribution in [3.63, 3.8) is 0 Å². The Morgan fingerprint density at radius 3 is 2.37 bits per heavy atom. The minimum atomic E-state index is -0.0821. The minimum absolute atomic E-state index is 0.0821. The Morgan fingerprint density at radius 2 is 1.63 bits per heavy atom. The molecule has 30 heavy (non-hydrogen) atoms. The van der Waals surface area contributed by atoms with Gasteiger partial charge >= 0.3 is 0 Å². The molecule has 5 heteroatoms. The summed E-state index contributed by atoms with van der Waals surface area (Å²) in [6.45, 7) is 3.67. The first-order chi connectivity index (χ1) is 14.7. The van der Waals surface area contributed by atoms with E-state index in [2.05, 4.69) is 28.6 Å². The van der Waals surface area contributed by atoms with Gasteiger partial charge in [-0.2, -0.15) is 0 Å². The van der Waals surface area contributed by atoms with Gasteiger partial charge in [0.05, 0.1) is 17.6 Å². The minimum Gasteiger partial charge on any atom is -0.333 e. The molecule has 160 valence electrons. The second-order valence-corrected chi connectivity index (χ2v) is 8.02. The molecule has 3 rings (SSSR count). The summed E-state index contributed by atoms with van der Waals surface area (Å²) in [6.07, 6.45) is 12.0. The number of rotatable bonds is 12. The van der Waals surface area contributed by atoms with Crippen molar-refractivity contribution in [2.75, 3.05) is 7.05 Å². The first-order valence-corrected chi connectivity index (χ1v) is 11.3. The number of nitrogens with zero attached hydrogens (tertiary/aromatic N) is 4. The molecule has 0 aliphatic carbocycles. The number of unbranched alkanes of at least 4 members (excludes halogenated alkanes) is 7. The van der Waals surface area contributed by atoms with E-state index in [1.165, 1.54) is 44.9 Å². The molecule has 2 heterocycles. The summed E-state index contributed by atoms with van der Waals surface area (Å²) in [5.41, 5.74) is 2.60. The van der Waals surface area contributed by atoms with E-state index < -0.39 is 0 Å². The van der Waals surface area contributed by atoms with Crippen LogP contribution in [-0.4, -0.2) is 32.4 Å². The smallest absolute Gasteiger partial charge is 0.272 e. The van der Waals surface area contributed by atoms with Gasteiger partial charge in [0.15, 0.2) is 0 Å². The van der Waals surface area contributed by atoms with Gasteiger partial charge in [0.25, 0.3) is 5.91 Å². The third kappa shape index (κ3) is 5.91. The third-order valence-electron chi connectivity index (χ3n) is 5.58. The van der Waals surface area contributed by atoms with Crippen molar-refractivity contribution in [2.45, 2.75) is 71.4 Å². The molecule has 0 radical (unpaired) electrons. The molecule has 0 aliphatic heterocycles. The third-order valence-corrected chi connectivity index (χ3v) is 5.58. The van der Waals surface area contributed by atoms with Gasteiger partial charge in [0.2, 0.25) is 0 Å². The number of imidazole rings is 1. The zero-order chi connectivity index (χ0) is 21.2. The van der Waals surface area contributed by atoms with Gasteiger partial charge in [-0.05, 0) is 30.7 Å². The number of amides is 1. The standard InChI is InChI=1S/C25H34N4O/c1-3-4-5-6-7-8-9-14-19-29-23-17-11-10-15-21(23)27-24(29)20-28(2)25(30)22-16-12-13-18-26-22/h10-13,15-18H,3-9,14,19-20H2,1-2H3. The average Bonchev–Trinajstić information content (AvgIpc) is 3.12. The molecule has 0 spiro atoms. The maximum Gasteiger partial charge on any atom is 0.272 e. The average molecular weight is 407 g/mol. The van der Waals surface area contributed by atoms with E-state index in [1.54, 1.807) is 17.2 Å². The van der Waals surface area contributed by atoms with Gasteiger partial charge in [-0.15, -0.1) is 0 Å². The summed E-state index contributed by atoms with van der Waals surface area (Å²) in [4.78, 5) is 23.4. The van der Waals surface area contributed by atoms with Crippen molar-refractivity contribution in [3.8, 4) is 0 Å². The Kier molecular flexibility index (Phi) is 8.42. The Balaban J connectivity index is 1.62. The number of fused-ring (bicyclic) bond motifs is 1. The molecule has 0 atom stereocenters. The van der Waals surface area contributed by atoms with E-state index >= 15 is 0 Å². The lowest BCUT2D eigenvalue weighted by molar-refractivity contribution is 0.0774. The second kappa shape index (κ2) is 11.5. The van der Waals surface area contributed by atoms with Crippen LogP contribution in [0.5, 0.6) is 0 Å². The number of carbonyl (C=O) groups excluding carboxylic acids is 1. The molecular weight excluding hydrogens is 372 g/mol. The van der Waals surface area contributed by atoms with E-state index in [0.717, 1.165) is 29.8 Å². The van der Waals surface area contributed by atoms with Crippen molar-refractivity contribution in [2.24, 2.45) is 0 Å². The van der Waals surface area contributed by atoms with Gasteiger partial charge in [0, 0.05) is 19.8 Å². The molecule has 0 saturated heterocycles. The highest BCUT2D eigenvalue weighted by molar-refractivity contribution is 5.92. The lowest BCUT2D eigenvalue weighted by Crippen LogP contribution is -2.28. The number of hydrogen-bond acceptors (Lipinski definition) is 3. The molecule has 1 aromatic carbocycles. The summed E-state index contributed by atoms with van der Waals surface area (Å²) in [5.74, 6) is 0.854. The fraction of sp³-hybridized carbons (Fsp3) is 0.480. The first kappa shape index (κ1) is 22.0. The summed E-state index contributed by atoms with van der Waals surface area (Å²) in [7, 11) is 1.82. The monoisotopic (exact) mass is 406 g/mol. The van der Waals surface area contributed by atoms with Crippen molar-refractivity contribution in [1.29, 1.82) is 0 Å². The number of pyridine rings is 1. The highest BCUT2D eigenvalue weighted by Crippen LogP contribution is 2.19. The van der Waals surface area contributed by atoms with Crippen LogP contribution in [-0.2, 0) is 13.1 Å². The molecule has 0 bridgehead atoms. The Bertz CT molecular complexity index is 919. The maximum atomic E-state index is 12.7. The van der Waals surface area contributed by atoms with Gasteiger partial charge < -0.3 is 9.47 Å². The highest BCUT2D eigenvalue weighted by Gasteiger charge is 2.17. The summed E-state index contributed by atoms with van der Waals surface area (Å²) in [6, 6.07) is 13.7. The fourth-order valence-corrected chi connectivity index (χ4v) is 3.87. The predicted octanol–water partition coefficient (Wildman–Crippen LogP) is 5.84. The van der Waals surface area contributed by atoms with Crippen molar-refractivity contribution in [3.05, 3.63) is 60.2 Å². The van der Waals surface area contributed by atoms with Crippen molar-refractivity contribution < 1.29 is 4.79 Å². The maximum absolute atomic E-state index is 12.7. The molecule has 0 fully saturated rings. The molecular formula is C25H34N4O. The summed E-state index contributed by atoms with van der Waals surface area (Å²) >= 11 is 0. The number of aryl methyl sites for hydroxylation is 1. The Hall–Kier alpha value is -2.69. The molecule has 3 aromatic rings. The van der Waals surface area contributed by atoms with Crippen molar-refractivity contribution >= 4 is 16.9 Å². The number of benzene rings is 1. The second-order valence-electron chi connectivity index (χ2n) is 8.02. The van der Waals surface area contributed by atoms with E-state index in [9.17, 15) is 4.79 Å². The van der Waals surface area contributed by atoms with Crippen LogP contribution in [0.2, 0.25) is 0 Å². The number of hydrogen-bond donors (Lipinski definition) is 0. The van der Waals surface area contributed by atoms with Crippen LogP contribution in [0.25, 0.3) is 11.0 Å². The van der Waals surface area contributed by atoms with Gasteiger partial charge in [-0.1, -0.05) is 70.1 Å². The SMILES string of the molecule is CCCCCCCCCCn1c(CN(C)C(=O)c2ccccn2)nc2ccccc21. The van der Waals surface area contributed by atoms with E-state index in [4.69, 9.17) is 4.98 Å². The quantitative estimate of drug-likeness (QED) is 0.355. The van der Waals surface area contributed by atoms with Gasteiger partial charge in [-0.3, -0.25) is 9.78 Å². The van der Waals surface area contributed by atoms with E-state index in [0.29, 0.717) is 12.2 Å². The molecule has 5 nitrogen and oxygen atoms in total. The van der Waals surface area contributed by atoms with Crippen LogP contribution in [0.4, 0.5) is 0 Å². The van der Waals surface area contributed by atoms with E-state index in [-0.39, 0.29) is 5.91 Å². The van der Waals surface area contributed by atoms with Crippen LogP contribution >= 0.6 is 0 Å². The number of aromatic nitrogens is 3. The summed E-state index contributed by atoms with van der Waals surface area (Å²) < 4.78 is 2.29. The lowest BCUT2D eigenvalue weighted by Gasteiger charge is -2.17. The molecule has 0 saturated carbocycles. The molecule has 2 aromatic heterocycles. The highest BCUT2D eigenvalue weighted by atomic mass is 16.2. The Labute approximate surface area is 180 Å². The van der Waals surface area contributed by atoms with Crippen LogP contribution in [0.15, 0.2) is 48.7 Å². The molecule has 0 unspecified atom stereocenters. The normalized spacial score (nSPS) is 11.1. The van der Waals surface area contributed by atoms with Gasteiger partial charge in [-0.25, -0.2) is 4.98 Å². The molecule has 1 amide bonds. The van der Waals surface area contributed by atoms with Crippen LogP contribution in [0, 0.1) is 0 Å². The topological polar surface area (TPSA) is 51.0 Å². The first-order valence-electron chi connectivity index (χ1n) is 11.3. The van der Waals surface area contributed by atoms with Crippen LogP contribution in [0.3, 0.4) is 0 Å². The number of carbonyl (C=O) groups is 1. The largest absolute Gasteiger partial charge is 0.333 e. The van der Waals surface area contributed by atoms with Gasteiger partial charge in [0.1, 0.15) is 11.5 Å². The predicted molar refractivity (Wildman–Crippen MR) is 122 cm³/mol.